The van der Waals surface area contributed by atoms with E-state index in [4.69, 9.17) is 27.3 Å². The average Bonchev–Trinajstić information content (AvgIpc) is 2.82. The van der Waals surface area contributed by atoms with Gasteiger partial charge in [0.25, 0.3) is 0 Å². The van der Waals surface area contributed by atoms with Crippen molar-refractivity contribution in [2.75, 3.05) is 6.61 Å². The fourth-order valence-corrected chi connectivity index (χ4v) is 5.66. The van der Waals surface area contributed by atoms with Crippen LogP contribution in [0.15, 0.2) is 60.7 Å². The van der Waals surface area contributed by atoms with Crippen molar-refractivity contribution in [1.29, 1.82) is 0 Å². The Morgan fingerprint density at radius 2 is 1.47 bits per heavy atom. The molecular weight excluding hydrogens is 492 g/mol. The van der Waals surface area contributed by atoms with Crippen LogP contribution in [0.25, 0.3) is 0 Å². The van der Waals surface area contributed by atoms with Crippen LogP contribution in [0.1, 0.15) is 31.4 Å². The van der Waals surface area contributed by atoms with Gasteiger partial charge < -0.3 is 18.9 Å². The molecule has 1 aliphatic heterocycles. The third-order valence-electron chi connectivity index (χ3n) is 5.90. The molecule has 194 valence electrons. The summed E-state index contributed by atoms with van der Waals surface area (Å²) >= 11 is 0. The predicted molar refractivity (Wildman–Crippen MR) is 124 cm³/mol. The molecule has 0 aromatic heterocycles. The van der Waals surface area contributed by atoms with Crippen molar-refractivity contribution in [1.82, 2.24) is 0 Å². The molecule has 1 saturated heterocycles. The Morgan fingerprint density at radius 3 is 2.06 bits per heavy atom. The van der Waals surface area contributed by atoms with Crippen LogP contribution in [0.2, 0.25) is 0 Å². The Bertz CT molecular complexity index is 1150. The lowest BCUT2D eigenvalue weighted by Crippen LogP contribution is -2.71. The van der Waals surface area contributed by atoms with Gasteiger partial charge in [0, 0.05) is 20.3 Å². The van der Waals surface area contributed by atoms with E-state index in [0.717, 1.165) is 11.1 Å². The number of fused-ring (bicyclic) bond motifs is 2. The maximum absolute atomic E-state index is 12.6. The van der Waals surface area contributed by atoms with E-state index in [9.17, 15) is 18.0 Å². The van der Waals surface area contributed by atoms with Crippen molar-refractivity contribution < 1.29 is 45.3 Å². The molecule has 0 spiro atoms. The van der Waals surface area contributed by atoms with E-state index in [1.807, 2.05) is 60.7 Å². The average molecular weight is 521 g/mol. The fourth-order valence-electron chi connectivity index (χ4n) is 4.52. The first-order chi connectivity index (χ1) is 17.2. The van der Waals surface area contributed by atoms with E-state index < -0.39 is 52.4 Å². The van der Waals surface area contributed by atoms with Crippen molar-refractivity contribution in [2.45, 2.75) is 63.5 Å². The second kappa shape index (κ2) is 11.1. The number of rotatable bonds is 9. The predicted octanol–water partition coefficient (Wildman–Crippen LogP) is 2.45. The highest BCUT2D eigenvalue weighted by Gasteiger charge is 2.64. The molecule has 10 nitrogen and oxygen atoms in total. The van der Waals surface area contributed by atoms with Gasteiger partial charge in [0.2, 0.25) is 0 Å². The Labute approximate surface area is 209 Å². The molecule has 2 bridgehead atoms. The van der Waals surface area contributed by atoms with Crippen LogP contribution in [-0.2, 0) is 60.5 Å². The summed E-state index contributed by atoms with van der Waals surface area (Å²) in [7, 11) is -4.54. The van der Waals surface area contributed by atoms with Crippen molar-refractivity contribution in [3.63, 3.8) is 0 Å². The molecular formula is C25H28O10S. The largest absolute Gasteiger partial charge is 0.457 e. The molecule has 2 fully saturated rings. The van der Waals surface area contributed by atoms with E-state index in [1.54, 1.807) is 0 Å². The number of ether oxygens (including phenoxy) is 4. The number of carbonyl (C=O) groups is 2. The molecule has 1 saturated carbocycles. The normalized spacial score (nSPS) is 28.7. The van der Waals surface area contributed by atoms with Gasteiger partial charge in [-0.25, -0.2) is 8.37 Å². The number of hydrogen-bond donors (Lipinski definition) is 0. The van der Waals surface area contributed by atoms with E-state index >= 15 is 0 Å². The molecule has 2 aromatic carbocycles. The van der Waals surface area contributed by atoms with Gasteiger partial charge in [0.1, 0.15) is 12.2 Å². The van der Waals surface area contributed by atoms with Crippen LogP contribution in [0, 0.1) is 0 Å². The van der Waals surface area contributed by atoms with Gasteiger partial charge in [-0.1, -0.05) is 60.7 Å². The zero-order valence-electron chi connectivity index (χ0n) is 19.9. The Balaban J connectivity index is 1.68. The monoisotopic (exact) mass is 520 g/mol. The topological polar surface area (TPSA) is 124 Å². The first-order valence-corrected chi connectivity index (χ1v) is 12.8. The van der Waals surface area contributed by atoms with Gasteiger partial charge in [-0.3, -0.25) is 9.59 Å². The van der Waals surface area contributed by atoms with Crippen molar-refractivity contribution in [3.8, 4) is 0 Å². The lowest BCUT2D eigenvalue weighted by atomic mass is 9.77. The third-order valence-corrected chi connectivity index (χ3v) is 6.92. The van der Waals surface area contributed by atoms with Crippen LogP contribution in [0.5, 0.6) is 0 Å². The molecule has 11 heteroatoms. The number of carbonyl (C=O) groups excluding carboxylic acids is 2. The molecule has 1 heterocycles. The molecule has 2 aliphatic rings. The third kappa shape index (κ3) is 6.29. The maximum atomic E-state index is 12.6. The summed E-state index contributed by atoms with van der Waals surface area (Å²) in [5.41, 5.74) is -0.00434. The van der Waals surface area contributed by atoms with Gasteiger partial charge in [0.15, 0.2) is 17.8 Å². The minimum absolute atomic E-state index is 0.0709. The Hall–Kier alpha value is -2.83. The Morgan fingerprint density at radius 1 is 0.889 bits per heavy atom. The summed E-state index contributed by atoms with van der Waals surface area (Å²) in [5, 5.41) is 0. The fraction of sp³-hybridized carbons (Fsp3) is 0.440. The van der Waals surface area contributed by atoms with Crippen LogP contribution < -0.4 is 0 Å². The number of esters is 2. The lowest BCUT2D eigenvalue weighted by Gasteiger charge is -2.52. The Kier molecular flexibility index (Phi) is 8.06. The zero-order valence-corrected chi connectivity index (χ0v) is 20.7. The molecule has 5 atom stereocenters. The number of hydrogen-bond acceptors (Lipinski definition) is 10. The second-order valence-corrected chi connectivity index (χ2v) is 9.91. The molecule has 0 amide bonds. The van der Waals surface area contributed by atoms with Gasteiger partial charge in [-0.15, -0.1) is 0 Å². The van der Waals surface area contributed by atoms with Gasteiger partial charge in [-0.2, -0.15) is 8.42 Å². The van der Waals surface area contributed by atoms with Crippen molar-refractivity contribution >= 4 is 22.3 Å². The van der Waals surface area contributed by atoms with Gasteiger partial charge in [-0.05, 0) is 11.1 Å². The van der Waals surface area contributed by atoms with E-state index in [2.05, 4.69) is 0 Å². The molecule has 0 unspecified atom stereocenters. The highest BCUT2D eigenvalue weighted by Crippen LogP contribution is 2.44. The smallest absolute Gasteiger partial charge is 0.401 e. The molecule has 36 heavy (non-hydrogen) atoms. The molecule has 4 rings (SSSR count). The quantitative estimate of drug-likeness (QED) is 0.456. The molecule has 0 radical (unpaired) electrons. The second-order valence-electron chi connectivity index (χ2n) is 8.74. The summed E-state index contributed by atoms with van der Waals surface area (Å²) in [6.45, 7) is 2.35. The van der Waals surface area contributed by atoms with Gasteiger partial charge >= 0.3 is 22.3 Å². The first kappa shape index (κ1) is 26.2. The van der Waals surface area contributed by atoms with E-state index in [-0.39, 0.29) is 26.2 Å². The minimum Gasteiger partial charge on any atom is -0.457 e. The maximum Gasteiger partial charge on any atom is 0.401 e. The highest BCUT2D eigenvalue weighted by atomic mass is 32.3. The van der Waals surface area contributed by atoms with Gasteiger partial charge in [0.05, 0.1) is 19.8 Å². The summed E-state index contributed by atoms with van der Waals surface area (Å²) in [6, 6.07) is 18.5. The van der Waals surface area contributed by atoms with Crippen LogP contribution in [0.4, 0.5) is 0 Å². The molecule has 2 aromatic rings. The summed E-state index contributed by atoms with van der Waals surface area (Å²) in [6.07, 6.45) is -4.79. The summed E-state index contributed by atoms with van der Waals surface area (Å²) < 4.78 is 58.9. The first-order valence-electron chi connectivity index (χ1n) is 11.4. The van der Waals surface area contributed by atoms with Crippen molar-refractivity contribution in [2.24, 2.45) is 0 Å². The molecule has 1 aliphatic carbocycles. The minimum atomic E-state index is -4.54. The zero-order chi connectivity index (χ0) is 25.8. The summed E-state index contributed by atoms with van der Waals surface area (Å²) in [4.78, 5) is 24.1. The van der Waals surface area contributed by atoms with E-state index in [0.29, 0.717) is 0 Å². The highest BCUT2D eigenvalue weighted by molar-refractivity contribution is 7.82. The summed E-state index contributed by atoms with van der Waals surface area (Å²) in [5.74, 6) is -1.36. The van der Waals surface area contributed by atoms with Crippen LogP contribution in [0.3, 0.4) is 0 Å². The number of benzene rings is 2. The standard InChI is InChI=1S/C25H28O10S/c1-17(26)32-22-21-13-25(35-36(28,29)34-21,16-30-14-19-9-5-3-6-10-19)24(33-18(2)27)23(22)31-15-20-11-7-4-8-12-20/h3-12,21-24H,13-16H2,1-2H3/t21-,22-,23+,24-,25-/m0/s1. The molecule has 0 N–H and O–H groups in total. The SMILES string of the molecule is CC(=O)O[C@@H]1[C@@H](OCc2ccccc2)[C@H](OC(C)=O)[C@@]2(COCc3ccccc3)C[C@@H]1OS(=O)(=O)O2. The van der Waals surface area contributed by atoms with Crippen LogP contribution in [-0.4, -0.2) is 57.0 Å². The van der Waals surface area contributed by atoms with Crippen molar-refractivity contribution in [3.05, 3.63) is 71.8 Å². The lowest BCUT2D eigenvalue weighted by molar-refractivity contribution is -0.263. The van der Waals surface area contributed by atoms with E-state index in [1.165, 1.54) is 13.8 Å². The van der Waals surface area contributed by atoms with Crippen LogP contribution >= 0.6 is 0 Å².